The summed E-state index contributed by atoms with van der Waals surface area (Å²) in [5.74, 6) is -0.792. The molecule has 0 amide bonds. The minimum absolute atomic E-state index is 0.220. The Morgan fingerprint density at radius 2 is 2.55 bits per heavy atom. The predicted molar refractivity (Wildman–Crippen MR) is 40.4 cm³/mol. The number of carbonyl (C=O) groups is 1. The molecule has 0 radical (unpaired) electrons. The van der Waals surface area contributed by atoms with E-state index in [1.165, 1.54) is 0 Å². The predicted octanol–water partition coefficient (Wildman–Crippen LogP) is 1.20. The van der Waals surface area contributed by atoms with Gasteiger partial charge in [0.1, 0.15) is 0 Å². The van der Waals surface area contributed by atoms with E-state index in [0.29, 0.717) is 12.0 Å². The molecule has 0 aromatic carbocycles. The topological polar surface area (TPSA) is 46.5 Å². The fraction of sp³-hybridized carbons (Fsp3) is 0.625. The van der Waals surface area contributed by atoms with Gasteiger partial charge in [-0.3, -0.25) is 0 Å². The summed E-state index contributed by atoms with van der Waals surface area (Å²) in [6.45, 7) is 0. The number of rotatable bonds is 2. The van der Waals surface area contributed by atoms with E-state index in [0.717, 1.165) is 12.8 Å². The van der Waals surface area contributed by atoms with Crippen molar-refractivity contribution in [1.82, 2.24) is 0 Å². The molecule has 1 atom stereocenters. The summed E-state index contributed by atoms with van der Waals surface area (Å²) < 4.78 is 5.08. The van der Waals surface area contributed by atoms with Gasteiger partial charge in [-0.15, -0.1) is 0 Å². The second-order valence-corrected chi connectivity index (χ2v) is 2.67. The highest BCUT2D eigenvalue weighted by atomic mass is 16.5. The van der Waals surface area contributed by atoms with Crippen molar-refractivity contribution in [1.29, 1.82) is 0 Å². The maximum Gasteiger partial charge on any atom is 0.331 e. The van der Waals surface area contributed by atoms with Crippen LogP contribution >= 0.6 is 0 Å². The van der Waals surface area contributed by atoms with Gasteiger partial charge in [-0.25, -0.2) is 4.79 Å². The lowest BCUT2D eigenvalue weighted by Crippen LogP contribution is -2.16. The van der Waals surface area contributed by atoms with Crippen LogP contribution in [0.3, 0.4) is 0 Å². The summed E-state index contributed by atoms with van der Waals surface area (Å²) in [5, 5.41) is 8.59. The van der Waals surface area contributed by atoms with Crippen LogP contribution in [-0.4, -0.2) is 24.3 Å². The third kappa shape index (κ3) is 2.05. The van der Waals surface area contributed by atoms with Crippen molar-refractivity contribution in [2.75, 3.05) is 7.11 Å². The molecule has 0 fully saturated rings. The van der Waals surface area contributed by atoms with Crippen LogP contribution in [0, 0.1) is 0 Å². The van der Waals surface area contributed by atoms with Crippen molar-refractivity contribution < 1.29 is 14.6 Å². The van der Waals surface area contributed by atoms with Gasteiger partial charge < -0.3 is 9.84 Å². The lowest BCUT2D eigenvalue weighted by atomic mass is 9.97. The van der Waals surface area contributed by atoms with Crippen molar-refractivity contribution in [2.45, 2.75) is 25.4 Å². The van der Waals surface area contributed by atoms with Crippen molar-refractivity contribution in [3.05, 3.63) is 11.6 Å². The van der Waals surface area contributed by atoms with E-state index in [-0.39, 0.29) is 6.10 Å². The number of aliphatic carboxylic acids is 1. The summed E-state index contributed by atoms with van der Waals surface area (Å²) in [7, 11) is 1.66. The molecule has 1 aliphatic rings. The first-order valence-electron chi connectivity index (χ1n) is 3.69. The molecule has 1 rings (SSSR count). The average molecular weight is 156 g/mol. The number of hydrogen-bond donors (Lipinski definition) is 1. The first-order chi connectivity index (χ1) is 5.24. The molecule has 0 aromatic heterocycles. The highest BCUT2D eigenvalue weighted by molar-refractivity contribution is 5.86. The Kier molecular flexibility index (Phi) is 2.65. The molecule has 0 spiro atoms. The van der Waals surface area contributed by atoms with E-state index >= 15 is 0 Å². The smallest absolute Gasteiger partial charge is 0.331 e. The molecule has 0 saturated carbocycles. The van der Waals surface area contributed by atoms with Gasteiger partial charge in [0.05, 0.1) is 6.10 Å². The normalized spacial score (nSPS) is 24.5. The van der Waals surface area contributed by atoms with Gasteiger partial charge in [0.2, 0.25) is 0 Å². The standard InChI is InChI=1S/C8H12O3/c1-11-7-4-2-6(3-5-7)8(9)10/h2,7H,3-5H2,1H3,(H,9,10). The molecule has 0 heterocycles. The van der Waals surface area contributed by atoms with Crippen LogP contribution in [0.2, 0.25) is 0 Å². The lowest BCUT2D eigenvalue weighted by molar-refractivity contribution is -0.133. The average Bonchev–Trinajstić information content (AvgIpc) is 2.05. The zero-order chi connectivity index (χ0) is 8.27. The second-order valence-electron chi connectivity index (χ2n) is 2.67. The highest BCUT2D eigenvalue weighted by Gasteiger charge is 2.16. The van der Waals surface area contributed by atoms with Crippen LogP contribution in [0.25, 0.3) is 0 Å². The van der Waals surface area contributed by atoms with E-state index in [1.807, 2.05) is 0 Å². The SMILES string of the molecule is COC1CC=C(C(=O)O)CC1. The minimum Gasteiger partial charge on any atom is -0.478 e. The van der Waals surface area contributed by atoms with Crippen LogP contribution in [0.4, 0.5) is 0 Å². The Hall–Kier alpha value is -0.830. The molecular formula is C8H12O3. The second kappa shape index (κ2) is 3.53. The van der Waals surface area contributed by atoms with Gasteiger partial charge in [-0.1, -0.05) is 6.08 Å². The lowest BCUT2D eigenvalue weighted by Gasteiger charge is -2.18. The molecule has 0 saturated heterocycles. The van der Waals surface area contributed by atoms with Crippen molar-refractivity contribution in [3.8, 4) is 0 Å². The Morgan fingerprint density at radius 3 is 2.91 bits per heavy atom. The van der Waals surface area contributed by atoms with E-state index in [4.69, 9.17) is 9.84 Å². The van der Waals surface area contributed by atoms with E-state index in [1.54, 1.807) is 13.2 Å². The van der Waals surface area contributed by atoms with Gasteiger partial charge >= 0.3 is 5.97 Å². The van der Waals surface area contributed by atoms with Crippen LogP contribution in [-0.2, 0) is 9.53 Å². The maximum atomic E-state index is 10.4. The summed E-state index contributed by atoms with van der Waals surface area (Å²) in [6, 6.07) is 0. The fourth-order valence-electron chi connectivity index (χ4n) is 1.22. The summed E-state index contributed by atoms with van der Waals surface area (Å²) >= 11 is 0. The van der Waals surface area contributed by atoms with Crippen molar-refractivity contribution in [2.24, 2.45) is 0 Å². The van der Waals surface area contributed by atoms with Gasteiger partial charge in [0, 0.05) is 12.7 Å². The molecule has 0 aromatic rings. The number of ether oxygens (including phenoxy) is 1. The zero-order valence-corrected chi connectivity index (χ0v) is 6.54. The molecule has 0 bridgehead atoms. The monoisotopic (exact) mass is 156 g/mol. The quantitative estimate of drug-likeness (QED) is 0.653. The molecule has 0 aliphatic heterocycles. The number of carboxylic acids is 1. The third-order valence-electron chi connectivity index (χ3n) is 1.97. The number of hydrogen-bond acceptors (Lipinski definition) is 2. The zero-order valence-electron chi connectivity index (χ0n) is 6.54. The molecule has 3 nitrogen and oxygen atoms in total. The van der Waals surface area contributed by atoms with Gasteiger partial charge in [0.15, 0.2) is 0 Å². The maximum absolute atomic E-state index is 10.4. The summed E-state index contributed by atoms with van der Waals surface area (Å²) in [5.41, 5.74) is 0.526. The molecule has 1 unspecified atom stereocenters. The van der Waals surface area contributed by atoms with Crippen LogP contribution in [0.1, 0.15) is 19.3 Å². The Morgan fingerprint density at radius 1 is 1.82 bits per heavy atom. The van der Waals surface area contributed by atoms with Gasteiger partial charge in [-0.05, 0) is 19.3 Å². The molecule has 1 N–H and O–H groups in total. The van der Waals surface area contributed by atoms with Gasteiger partial charge in [-0.2, -0.15) is 0 Å². The van der Waals surface area contributed by atoms with E-state index < -0.39 is 5.97 Å². The first kappa shape index (κ1) is 8.27. The first-order valence-corrected chi connectivity index (χ1v) is 3.69. The highest BCUT2D eigenvalue weighted by Crippen LogP contribution is 2.19. The van der Waals surface area contributed by atoms with Crippen LogP contribution < -0.4 is 0 Å². The number of methoxy groups -OCH3 is 1. The Bertz CT molecular complexity index is 184. The summed E-state index contributed by atoms with van der Waals surface area (Å²) in [6.07, 6.45) is 4.17. The third-order valence-corrected chi connectivity index (χ3v) is 1.97. The van der Waals surface area contributed by atoms with Crippen LogP contribution in [0.5, 0.6) is 0 Å². The van der Waals surface area contributed by atoms with Crippen LogP contribution in [0.15, 0.2) is 11.6 Å². The molecular weight excluding hydrogens is 144 g/mol. The van der Waals surface area contributed by atoms with Crippen molar-refractivity contribution >= 4 is 5.97 Å². The molecule has 62 valence electrons. The van der Waals surface area contributed by atoms with Crippen molar-refractivity contribution in [3.63, 3.8) is 0 Å². The number of carboxylic acid groups (broad SMARTS) is 1. The van der Waals surface area contributed by atoms with E-state index in [2.05, 4.69) is 0 Å². The molecule has 11 heavy (non-hydrogen) atoms. The largest absolute Gasteiger partial charge is 0.478 e. The summed E-state index contributed by atoms with van der Waals surface area (Å²) in [4.78, 5) is 10.4. The van der Waals surface area contributed by atoms with E-state index in [9.17, 15) is 4.79 Å². The molecule has 3 heteroatoms. The van der Waals surface area contributed by atoms with Gasteiger partial charge in [0.25, 0.3) is 0 Å². The minimum atomic E-state index is -0.792. The Labute approximate surface area is 65.7 Å². The fourth-order valence-corrected chi connectivity index (χ4v) is 1.22. The molecule has 1 aliphatic carbocycles. The Balaban J connectivity index is 2.50.